The van der Waals surface area contributed by atoms with E-state index in [2.05, 4.69) is 4.98 Å². The van der Waals surface area contributed by atoms with Crippen LogP contribution >= 0.6 is 22.7 Å². The number of ether oxygens (including phenoxy) is 1. The van der Waals surface area contributed by atoms with Gasteiger partial charge < -0.3 is 14.1 Å². The molecule has 0 N–H and O–H groups in total. The standard InChI is InChI=1S/C23H22N2O3S2/c1-17-6-8-19(9-7-17)28-15-22-24-18(16-30-22)12-23(26)25(13-20-4-2-10-27-20)14-21-5-3-11-29-21/h2-11,16H,12-15H2,1H3. The molecule has 7 heteroatoms. The number of amides is 1. The lowest BCUT2D eigenvalue weighted by Gasteiger charge is -2.20. The van der Waals surface area contributed by atoms with E-state index in [9.17, 15) is 4.79 Å². The van der Waals surface area contributed by atoms with Gasteiger partial charge in [-0.25, -0.2) is 4.98 Å². The van der Waals surface area contributed by atoms with Crippen molar-refractivity contribution >= 4 is 28.6 Å². The fourth-order valence-electron chi connectivity index (χ4n) is 2.96. The van der Waals surface area contributed by atoms with Crippen LogP contribution in [0.25, 0.3) is 0 Å². The van der Waals surface area contributed by atoms with Crippen LogP contribution in [-0.2, 0) is 30.9 Å². The summed E-state index contributed by atoms with van der Waals surface area (Å²) in [4.78, 5) is 20.5. The summed E-state index contributed by atoms with van der Waals surface area (Å²) in [6.45, 7) is 3.44. The Balaban J connectivity index is 1.37. The molecular formula is C23H22N2O3S2. The number of hydrogen-bond acceptors (Lipinski definition) is 6. The number of thiazole rings is 1. The molecule has 154 valence electrons. The number of carbonyl (C=O) groups excluding carboxylic acids is 1. The molecule has 4 rings (SSSR count). The number of aryl methyl sites for hydroxylation is 1. The molecule has 3 aromatic heterocycles. The molecule has 0 saturated carbocycles. The topological polar surface area (TPSA) is 55.6 Å². The zero-order valence-corrected chi connectivity index (χ0v) is 18.2. The average Bonchev–Trinajstić information content (AvgIpc) is 3.51. The number of rotatable bonds is 9. The van der Waals surface area contributed by atoms with Crippen LogP contribution in [0.5, 0.6) is 5.75 Å². The smallest absolute Gasteiger partial charge is 0.229 e. The Morgan fingerprint density at radius 3 is 2.70 bits per heavy atom. The molecule has 0 bridgehead atoms. The molecule has 0 radical (unpaired) electrons. The van der Waals surface area contributed by atoms with Gasteiger partial charge in [-0.05, 0) is 42.6 Å². The van der Waals surface area contributed by atoms with Gasteiger partial charge in [-0.1, -0.05) is 23.8 Å². The first-order chi connectivity index (χ1) is 14.7. The van der Waals surface area contributed by atoms with E-state index in [-0.39, 0.29) is 12.3 Å². The predicted molar refractivity (Wildman–Crippen MR) is 119 cm³/mol. The highest BCUT2D eigenvalue weighted by Gasteiger charge is 2.18. The summed E-state index contributed by atoms with van der Waals surface area (Å²) >= 11 is 3.16. The van der Waals surface area contributed by atoms with Crippen LogP contribution < -0.4 is 4.74 Å². The van der Waals surface area contributed by atoms with Crippen LogP contribution in [-0.4, -0.2) is 15.8 Å². The van der Waals surface area contributed by atoms with Crippen LogP contribution in [0, 0.1) is 6.92 Å². The first-order valence-corrected chi connectivity index (χ1v) is 11.4. The lowest BCUT2D eigenvalue weighted by atomic mass is 10.2. The molecule has 0 aliphatic carbocycles. The fraction of sp³-hybridized carbons (Fsp3) is 0.217. The summed E-state index contributed by atoms with van der Waals surface area (Å²) in [7, 11) is 0. The number of nitrogens with zero attached hydrogens (tertiary/aromatic N) is 2. The van der Waals surface area contributed by atoms with Crippen molar-refractivity contribution in [1.82, 2.24) is 9.88 Å². The molecule has 0 spiro atoms. The molecule has 1 aromatic carbocycles. The Labute approximate surface area is 183 Å². The van der Waals surface area contributed by atoms with Crippen molar-refractivity contribution in [3.8, 4) is 5.75 Å². The Kier molecular flexibility index (Phi) is 6.61. The van der Waals surface area contributed by atoms with Crippen LogP contribution in [0.2, 0.25) is 0 Å². The van der Waals surface area contributed by atoms with Gasteiger partial charge in [0.15, 0.2) is 0 Å². The molecule has 0 aliphatic rings. The van der Waals surface area contributed by atoms with Crippen LogP contribution in [0.1, 0.15) is 26.9 Å². The normalized spacial score (nSPS) is 10.8. The van der Waals surface area contributed by atoms with Crippen molar-refractivity contribution in [3.63, 3.8) is 0 Å². The third-order valence-electron chi connectivity index (χ3n) is 4.52. The fourth-order valence-corrected chi connectivity index (χ4v) is 4.38. The molecule has 0 aliphatic heterocycles. The lowest BCUT2D eigenvalue weighted by Crippen LogP contribution is -2.31. The number of hydrogen-bond donors (Lipinski definition) is 0. The number of aromatic nitrogens is 1. The highest BCUT2D eigenvalue weighted by molar-refractivity contribution is 7.10. The summed E-state index contributed by atoms with van der Waals surface area (Å²) in [6, 6.07) is 15.7. The summed E-state index contributed by atoms with van der Waals surface area (Å²) in [5, 5.41) is 4.81. The van der Waals surface area contributed by atoms with Crippen molar-refractivity contribution < 1.29 is 13.9 Å². The van der Waals surface area contributed by atoms with E-state index in [1.807, 2.05) is 71.1 Å². The van der Waals surface area contributed by atoms with Gasteiger partial charge in [0.1, 0.15) is 23.1 Å². The third-order valence-corrected chi connectivity index (χ3v) is 6.25. The van der Waals surface area contributed by atoms with E-state index < -0.39 is 0 Å². The molecule has 0 unspecified atom stereocenters. The lowest BCUT2D eigenvalue weighted by molar-refractivity contribution is -0.132. The molecule has 0 atom stereocenters. The molecular weight excluding hydrogens is 416 g/mol. The van der Waals surface area contributed by atoms with Gasteiger partial charge in [-0.15, -0.1) is 22.7 Å². The molecule has 0 saturated heterocycles. The van der Waals surface area contributed by atoms with Gasteiger partial charge in [0, 0.05) is 10.3 Å². The third kappa shape index (κ3) is 5.58. The van der Waals surface area contributed by atoms with Crippen molar-refractivity contribution in [2.75, 3.05) is 0 Å². The second-order valence-electron chi connectivity index (χ2n) is 6.92. The van der Waals surface area contributed by atoms with Gasteiger partial charge in [-0.3, -0.25) is 4.79 Å². The van der Waals surface area contributed by atoms with Crippen LogP contribution in [0.4, 0.5) is 0 Å². The number of furan rings is 1. The first kappa shape index (κ1) is 20.4. The van der Waals surface area contributed by atoms with E-state index in [1.165, 1.54) is 16.9 Å². The van der Waals surface area contributed by atoms with Gasteiger partial charge in [-0.2, -0.15) is 0 Å². The van der Waals surface area contributed by atoms with E-state index in [0.29, 0.717) is 19.7 Å². The minimum atomic E-state index is 0.0242. The second-order valence-corrected chi connectivity index (χ2v) is 8.89. The summed E-state index contributed by atoms with van der Waals surface area (Å²) in [5.74, 6) is 1.61. The molecule has 30 heavy (non-hydrogen) atoms. The molecule has 0 fully saturated rings. The predicted octanol–water partition coefficient (Wildman–Crippen LogP) is 5.46. The van der Waals surface area contributed by atoms with E-state index in [0.717, 1.165) is 27.1 Å². The minimum Gasteiger partial charge on any atom is -0.486 e. The molecule has 3 heterocycles. The average molecular weight is 439 g/mol. The van der Waals surface area contributed by atoms with Crippen LogP contribution in [0.15, 0.2) is 70.0 Å². The highest BCUT2D eigenvalue weighted by atomic mass is 32.1. The van der Waals surface area contributed by atoms with E-state index in [1.54, 1.807) is 17.6 Å². The first-order valence-electron chi connectivity index (χ1n) is 9.61. The zero-order chi connectivity index (χ0) is 20.8. The number of carbonyl (C=O) groups is 1. The van der Waals surface area contributed by atoms with E-state index >= 15 is 0 Å². The number of benzene rings is 1. The SMILES string of the molecule is Cc1ccc(OCc2nc(CC(=O)N(Cc3ccco3)Cc3cccs3)cs2)cc1. The quantitative estimate of drug-likeness (QED) is 0.348. The number of thiophene rings is 1. The largest absolute Gasteiger partial charge is 0.486 e. The van der Waals surface area contributed by atoms with Crippen molar-refractivity contribution in [1.29, 1.82) is 0 Å². The minimum absolute atomic E-state index is 0.0242. The van der Waals surface area contributed by atoms with Gasteiger partial charge in [0.2, 0.25) is 5.91 Å². The van der Waals surface area contributed by atoms with E-state index in [4.69, 9.17) is 9.15 Å². The Morgan fingerprint density at radius 1 is 1.10 bits per heavy atom. The second kappa shape index (κ2) is 9.73. The molecule has 1 amide bonds. The monoisotopic (exact) mass is 438 g/mol. The maximum absolute atomic E-state index is 13.0. The summed E-state index contributed by atoms with van der Waals surface area (Å²) < 4.78 is 11.2. The van der Waals surface area contributed by atoms with Crippen LogP contribution in [0.3, 0.4) is 0 Å². The molecule has 4 aromatic rings. The van der Waals surface area contributed by atoms with Gasteiger partial charge in [0.25, 0.3) is 0 Å². The Bertz CT molecular complexity index is 1020. The summed E-state index contributed by atoms with van der Waals surface area (Å²) in [6.07, 6.45) is 1.89. The van der Waals surface area contributed by atoms with Crippen molar-refractivity contribution in [2.24, 2.45) is 0 Å². The molecule has 5 nitrogen and oxygen atoms in total. The van der Waals surface area contributed by atoms with Crippen molar-refractivity contribution in [2.45, 2.75) is 33.0 Å². The zero-order valence-electron chi connectivity index (χ0n) is 16.6. The van der Waals surface area contributed by atoms with Crippen molar-refractivity contribution in [3.05, 3.63) is 92.5 Å². The summed E-state index contributed by atoms with van der Waals surface area (Å²) in [5.41, 5.74) is 1.96. The Morgan fingerprint density at radius 2 is 1.97 bits per heavy atom. The van der Waals surface area contributed by atoms with Gasteiger partial charge in [0.05, 0.1) is 31.5 Å². The Hall–Kier alpha value is -2.90. The van der Waals surface area contributed by atoms with Gasteiger partial charge >= 0.3 is 0 Å². The highest BCUT2D eigenvalue weighted by Crippen LogP contribution is 2.19. The maximum Gasteiger partial charge on any atom is 0.229 e. The maximum atomic E-state index is 13.0.